The summed E-state index contributed by atoms with van der Waals surface area (Å²) in [6.45, 7) is 11.3. The van der Waals surface area contributed by atoms with Crippen molar-refractivity contribution in [3.63, 3.8) is 0 Å². The summed E-state index contributed by atoms with van der Waals surface area (Å²) in [5.41, 5.74) is 17.1. The lowest BCUT2D eigenvalue weighted by Gasteiger charge is -2.27. The summed E-state index contributed by atoms with van der Waals surface area (Å²) in [5.74, 6) is 0.463. The van der Waals surface area contributed by atoms with Crippen LogP contribution < -0.4 is 0 Å². The molecule has 288 valence electrons. The van der Waals surface area contributed by atoms with Crippen molar-refractivity contribution in [1.29, 1.82) is 0 Å². The Kier molecular flexibility index (Phi) is 10.5. The molecule has 0 bridgehead atoms. The summed E-state index contributed by atoms with van der Waals surface area (Å²) < 4.78 is 0. The largest absolute Gasteiger partial charge is 0.245 e. The predicted molar refractivity (Wildman–Crippen MR) is 250 cm³/mol. The summed E-state index contributed by atoms with van der Waals surface area (Å²) in [6.07, 6.45) is 0. The molecule has 0 amide bonds. The lowest BCUT2D eigenvalue weighted by Crippen LogP contribution is -2.14. The van der Waals surface area contributed by atoms with Crippen molar-refractivity contribution in [2.75, 3.05) is 0 Å². The topological polar surface area (TPSA) is 24.7 Å². The van der Waals surface area contributed by atoms with Crippen LogP contribution in [0.2, 0.25) is 0 Å². The van der Waals surface area contributed by atoms with E-state index < -0.39 is 0 Å². The Labute approximate surface area is 349 Å². The minimum Gasteiger partial charge on any atom is -0.245 e. The van der Waals surface area contributed by atoms with Gasteiger partial charge in [-0.05, 0) is 68.7 Å². The molecule has 0 N–H and O–H groups in total. The molecule has 0 aromatic heterocycles. The summed E-state index contributed by atoms with van der Waals surface area (Å²) in [5, 5.41) is 2.41. The second kappa shape index (κ2) is 16.3. The zero-order chi connectivity index (χ0) is 40.5. The van der Waals surface area contributed by atoms with E-state index in [0.29, 0.717) is 11.8 Å². The first-order chi connectivity index (χ1) is 28.9. The number of aryl methyl sites for hydroxylation is 1. The normalized spacial score (nSPS) is 13.8. The van der Waals surface area contributed by atoms with E-state index in [4.69, 9.17) is 9.98 Å². The van der Waals surface area contributed by atoms with Crippen LogP contribution in [0.15, 0.2) is 198 Å². The quantitative estimate of drug-likeness (QED) is 0.124. The zero-order valence-corrected chi connectivity index (χ0v) is 34.6. The van der Waals surface area contributed by atoms with Gasteiger partial charge >= 0.3 is 0 Å². The average molecular weight is 763 g/mol. The van der Waals surface area contributed by atoms with Gasteiger partial charge in [-0.25, -0.2) is 9.98 Å². The Morgan fingerprint density at radius 3 is 1.05 bits per heavy atom. The molecule has 0 unspecified atom stereocenters. The molecule has 0 heterocycles. The van der Waals surface area contributed by atoms with Gasteiger partial charge in [-0.1, -0.05) is 221 Å². The highest BCUT2D eigenvalue weighted by atomic mass is 14.9. The standard InChI is InChI=1S/C57H50N2/c1-37(2)45-31-20-32-46(38(3)4)54(45)58-56-47-33-18-29-44-30-19-34-48(53(44)47)57(56)59-55-49(51(40-21-10-6-11-22-40)41-23-12-7-13-24-41)35-39(5)36-50(55)52(42-25-14-8-15-26-42)43-27-16-9-17-28-43/h6-38,51-52H,1-5H3. The van der Waals surface area contributed by atoms with Crippen molar-refractivity contribution in [3.05, 3.63) is 249 Å². The van der Waals surface area contributed by atoms with Gasteiger partial charge in [0.05, 0.1) is 22.8 Å². The smallest absolute Gasteiger partial charge is 0.0979 e. The van der Waals surface area contributed by atoms with Gasteiger partial charge in [-0.2, -0.15) is 0 Å². The van der Waals surface area contributed by atoms with Crippen molar-refractivity contribution in [2.45, 2.75) is 58.3 Å². The Bertz CT molecular complexity index is 2600. The highest BCUT2D eigenvalue weighted by molar-refractivity contribution is 6.61. The fraction of sp³-hybridized carbons (Fsp3) is 0.158. The molecular weight excluding hydrogens is 713 g/mol. The van der Waals surface area contributed by atoms with Crippen molar-refractivity contribution in [1.82, 2.24) is 0 Å². The lowest BCUT2D eigenvalue weighted by atomic mass is 9.78. The second-order valence-electron chi connectivity index (χ2n) is 16.5. The Morgan fingerprint density at radius 2 is 0.695 bits per heavy atom. The molecule has 1 aliphatic rings. The van der Waals surface area contributed by atoms with E-state index in [-0.39, 0.29) is 11.8 Å². The van der Waals surface area contributed by atoms with E-state index in [1.165, 1.54) is 60.8 Å². The van der Waals surface area contributed by atoms with Gasteiger partial charge in [0, 0.05) is 28.3 Å². The SMILES string of the molecule is Cc1cc(C(c2ccccc2)c2ccccc2)c(N=C2C(=Nc3c(C(C)C)cccc3C(C)C)c3cccc4cccc2c34)c(C(c2ccccc2)c2ccccc2)c1. The van der Waals surface area contributed by atoms with Gasteiger partial charge in [0.2, 0.25) is 0 Å². The van der Waals surface area contributed by atoms with Crippen LogP contribution in [0.25, 0.3) is 10.8 Å². The Hall–Kier alpha value is -6.64. The number of hydrogen-bond donors (Lipinski definition) is 0. The number of aliphatic imine (C=N–C) groups is 2. The first-order valence-electron chi connectivity index (χ1n) is 21.0. The monoisotopic (exact) mass is 762 g/mol. The van der Waals surface area contributed by atoms with Crippen LogP contribution in [0, 0.1) is 6.92 Å². The van der Waals surface area contributed by atoms with Crippen LogP contribution in [0.5, 0.6) is 0 Å². The van der Waals surface area contributed by atoms with E-state index in [1.54, 1.807) is 0 Å². The number of hydrogen-bond acceptors (Lipinski definition) is 2. The Morgan fingerprint density at radius 1 is 0.356 bits per heavy atom. The van der Waals surface area contributed by atoms with E-state index in [0.717, 1.165) is 33.9 Å². The number of rotatable bonds is 10. The molecule has 0 saturated carbocycles. The third kappa shape index (κ3) is 7.25. The van der Waals surface area contributed by atoms with Crippen LogP contribution in [-0.2, 0) is 0 Å². The molecule has 0 spiro atoms. The fourth-order valence-corrected chi connectivity index (χ4v) is 9.17. The molecule has 0 saturated heterocycles. The molecule has 9 rings (SSSR count). The molecule has 8 aromatic carbocycles. The minimum atomic E-state index is -0.0724. The maximum atomic E-state index is 6.10. The van der Waals surface area contributed by atoms with Crippen molar-refractivity contribution in [3.8, 4) is 0 Å². The summed E-state index contributed by atoms with van der Waals surface area (Å²) in [7, 11) is 0. The van der Waals surface area contributed by atoms with Crippen LogP contribution in [0.3, 0.4) is 0 Å². The van der Waals surface area contributed by atoms with E-state index in [2.05, 4.69) is 223 Å². The number of para-hydroxylation sites is 1. The molecule has 2 nitrogen and oxygen atoms in total. The fourth-order valence-electron chi connectivity index (χ4n) is 9.17. The summed E-state index contributed by atoms with van der Waals surface area (Å²) in [6, 6.07) is 68.5. The molecule has 0 radical (unpaired) electrons. The molecule has 0 fully saturated rings. The molecule has 8 aromatic rings. The first-order valence-corrected chi connectivity index (χ1v) is 21.0. The highest BCUT2D eigenvalue weighted by Gasteiger charge is 2.32. The van der Waals surface area contributed by atoms with E-state index in [9.17, 15) is 0 Å². The van der Waals surface area contributed by atoms with Crippen molar-refractivity contribution >= 4 is 33.6 Å². The number of nitrogens with zero attached hydrogens (tertiary/aromatic N) is 2. The second-order valence-corrected chi connectivity index (χ2v) is 16.5. The van der Waals surface area contributed by atoms with Crippen LogP contribution in [-0.4, -0.2) is 11.4 Å². The van der Waals surface area contributed by atoms with Gasteiger partial charge in [-0.15, -0.1) is 0 Å². The van der Waals surface area contributed by atoms with Gasteiger partial charge in [-0.3, -0.25) is 0 Å². The molecule has 1 aliphatic carbocycles. The van der Waals surface area contributed by atoms with E-state index in [1.807, 2.05) is 0 Å². The molecule has 0 aliphatic heterocycles. The Balaban J connectivity index is 1.43. The highest BCUT2D eigenvalue weighted by Crippen LogP contribution is 2.47. The minimum absolute atomic E-state index is 0.0724. The van der Waals surface area contributed by atoms with E-state index >= 15 is 0 Å². The van der Waals surface area contributed by atoms with Crippen molar-refractivity contribution in [2.24, 2.45) is 9.98 Å². The molecule has 2 heteroatoms. The maximum absolute atomic E-state index is 6.10. The van der Waals surface area contributed by atoms with Gasteiger partial charge in [0.1, 0.15) is 0 Å². The lowest BCUT2D eigenvalue weighted by molar-refractivity contribution is 0.835. The van der Waals surface area contributed by atoms with Crippen molar-refractivity contribution < 1.29 is 0 Å². The third-order valence-corrected chi connectivity index (χ3v) is 11.9. The van der Waals surface area contributed by atoms with Gasteiger partial charge in [0.25, 0.3) is 0 Å². The van der Waals surface area contributed by atoms with Crippen LogP contribution in [0.4, 0.5) is 11.4 Å². The molecule has 0 atom stereocenters. The van der Waals surface area contributed by atoms with Gasteiger partial charge in [0.15, 0.2) is 0 Å². The zero-order valence-electron chi connectivity index (χ0n) is 34.6. The summed E-state index contributed by atoms with van der Waals surface area (Å²) >= 11 is 0. The van der Waals surface area contributed by atoms with Crippen LogP contribution >= 0.6 is 0 Å². The third-order valence-electron chi connectivity index (χ3n) is 11.9. The van der Waals surface area contributed by atoms with Crippen LogP contribution in [0.1, 0.15) is 113 Å². The number of benzene rings is 8. The molecule has 59 heavy (non-hydrogen) atoms. The maximum Gasteiger partial charge on any atom is 0.0979 e. The van der Waals surface area contributed by atoms with Gasteiger partial charge < -0.3 is 0 Å². The average Bonchev–Trinajstić information content (AvgIpc) is 3.56. The predicted octanol–water partition coefficient (Wildman–Crippen LogP) is 15.0. The first kappa shape index (κ1) is 37.9. The summed E-state index contributed by atoms with van der Waals surface area (Å²) in [4.78, 5) is 11.9. The molecular formula is C57H50N2.